The normalized spacial score (nSPS) is 9.92. The summed E-state index contributed by atoms with van der Waals surface area (Å²) in [5.41, 5.74) is 3.38. The van der Waals surface area contributed by atoms with Gasteiger partial charge in [-0.15, -0.1) is 11.3 Å². The van der Waals surface area contributed by atoms with Crippen molar-refractivity contribution in [2.45, 2.75) is 14.4 Å². The Labute approximate surface area is 145 Å². The Morgan fingerprint density at radius 1 is 1.17 bits per heavy atom. The second-order valence-corrected chi connectivity index (χ2v) is 5.80. The highest BCUT2D eigenvalue weighted by molar-refractivity contribution is 7.14. The van der Waals surface area contributed by atoms with Gasteiger partial charge in [-0.05, 0) is 19.1 Å². The molecular weight excluding hydrogens is 322 g/mol. The van der Waals surface area contributed by atoms with Gasteiger partial charge in [0, 0.05) is 10.9 Å². The Bertz CT molecular complexity index is 811. The molecule has 0 aliphatic carbocycles. The number of anilines is 1. The van der Waals surface area contributed by atoms with E-state index >= 15 is 0 Å². The lowest BCUT2D eigenvalue weighted by atomic mass is 10.1. The molecule has 3 aromatic rings. The van der Waals surface area contributed by atoms with Crippen LogP contribution in [-0.2, 0) is 0 Å². The second-order valence-electron chi connectivity index (χ2n) is 4.94. The smallest absolute Gasteiger partial charge is 0.276 e. The Morgan fingerprint density at radius 2 is 1.92 bits per heavy atom. The third-order valence-corrected chi connectivity index (χ3v) is 4.03. The molecule has 1 aromatic carbocycles. The fourth-order valence-electron chi connectivity index (χ4n) is 1.98. The molecule has 0 saturated heterocycles. The van der Waals surface area contributed by atoms with Gasteiger partial charge in [0.1, 0.15) is 11.4 Å². The summed E-state index contributed by atoms with van der Waals surface area (Å²) < 4.78 is 5.02. The SMILES string of the molecule is C.COc1ccc(C(=O)Nc2nc(-c3ccc(C)cc3)cs2)nc1. The molecule has 0 aliphatic heterocycles. The van der Waals surface area contributed by atoms with E-state index < -0.39 is 0 Å². The third kappa shape index (κ3) is 3.97. The number of aryl methyl sites for hydroxylation is 1. The summed E-state index contributed by atoms with van der Waals surface area (Å²) in [6.07, 6.45) is 1.51. The lowest BCUT2D eigenvalue weighted by molar-refractivity contribution is 0.102. The number of ether oxygens (including phenoxy) is 1. The maximum atomic E-state index is 12.2. The van der Waals surface area contributed by atoms with Crippen molar-refractivity contribution in [1.29, 1.82) is 0 Å². The van der Waals surface area contributed by atoms with Crippen molar-refractivity contribution in [3.63, 3.8) is 0 Å². The lowest BCUT2D eigenvalue weighted by Crippen LogP contribution is -2.13. The van der Waals surface area contributed by atoms with Crippen LogP contribution in [0.25, 0.3) is 11.3 Å². The fraction of sp³-hybridized carbons (Fsp3) is 0.167. The van der Waals surface area contributed by atoms with E-state index in [1.807, 2.05) is 36.6 Å². The van der Waals surface area contributed by atoms with E-state index in [1.54, 1.807) is 19.2 Å². The van der Waals surface area contributed by atoms with E-state index in [1.165, 1.54) is 23.1 Å². The lowest BCUT2D eigenvalue weighted by Gasteiger charge is -2.02. The maximum absolute atomic E-state index is 12.2. The van der Waals surface area contributed by atoms with E-state index in [4.69, 9.17) is 4.74 Å². The number of rotatable bonds is 4. The van der Waals surface area contributed by atoms with Gasteiger partial charge in [0.05, 0.1) is 19.0 Å². The molecule has 124 valence electrons. The molecule has 0 spiro atoms. The highest BCUT2D eigenvalue weighted by atomic mass is 32.1. The van der Waals surface area contributed by atoms with Crippen molar-refractivity contribution in [2.75, 3.05) is 12.4 Å². The summed E-state index contributed by atoms with van der Waals surface area (Å²) in [5, 5.41) is 5.23. The van der Waals surface area contributed by atoms with Gasteiger partial charge in [-0.3, -0.25) is 10.1 Å². The molecule has 0 aliphatic rings. The number of methoxy groups -OCH3 is 1. The van der Waals surface area contributed by atoms with E-state index in [9.17, 15) is 4.79 Å². The molecule has 0 radical (unpaired) electrons. The van der Waals surface area contributed by atoms with Gasteiger partial charge >= 0.3 is 0 Å². The van der Waals surface area contributed by atoms with Crippen molar-refractivity contribution in [3.8, 4) is 17.0 Å². The van der Waals surface area contributed by atoms with Crippen LogP contribution in [0.2, 0.25) is 0 Å². The topological polar surface area (TPSA) is 64.1 Å². The minimum absolute atomic E-state index is 0. The van der Waals surface area contributed by atoms with Crippen LogP contribution in [0.4, 0.5) is 5.13 Å². The van der Waals surface area contributed by atoms with Crippen molar-refractivity contribution in [1.82, 2.24) is 9.97 Å². The molecule has 0 fully saturated rings. The highest BCUT2D eigenvalue weighted by Crippen LogP contribution is 2.25. The van der Waals surface area contributed by atoms with Crippen LogP contribution in [0.5, 0.6) is 5.75 Å². The van der Waals surface area contributed by atoms with Gasteiger partial charge in [-0.25, -0.2) is 9.97 Å². The first kappa shape index (κ1) is 17.6. The number of nitrogens with zero attached hydrogens (tertiary/aromatic N) is 2. The van der Waals surface area contributed by atoms with Gasteiger partial charge < -0.3 is 4.74 Å². The van der Waals surface area contributed by atoms with Gasteiger partial charge in [-0.2, -0.15) is 0 Å². The molecule has 0 atom stereocenters. The third-order valence-electron chi connectivity index (χ3n) is 3.28. The van der Waals surface area contributed by atoms with Crippen LogP contribution in [0.15, 0.2) is 48.0 Å². The van der Waals surface area contributed by atoms with Crippen LogP contribution in [0.1, 0.15) is 23.5 Å². The van der Waals surface area contributed by atoms with E-state index in [0.717, 1.165) is 11.3 Å². The Kier molecular flexibility index (Phi) is 5.65. The van der Waals surface area contributed by atoms with Gasteiger partial charge in [-0.1, -0.05) is 37.3 Å². The number of pyridine rings is 1. The number of aromatic nitrogens is 2. The second kappa shape index (κ2) is 7.70. The van der Waals surface area contributed by atoms with Crippen LogP contribution in [-0.4, -0.2) is 23.0 Å². The maximum Gasteiger partial charge on any atom is 0.276 e. The standard InChI is InChI=1S/C17H15N3O2S.CH4/c1-11-3-5-12(6-4-11)15-10-23-17(19-15)20-16(21)14-8-7-13(22-2)9-18-14;/h3-10H,1-2H3,(H,19,20,21);1H4. The molecular formula is C18H19N3O2S. The van der Waals surface area contributed by atoms with E-state index in [2.05, 4.69) is 15.3 Å². The van der Waals surface area contributed by atoms with Gasteiger partial charge in [0.25, 0.3) is 5.91 Å². The van der Waals surface area contributed by atoms with Crippen LogP contribution in [0.3, 0.4) is 0 Å². The van der Waals surface area contributed by atoms with E-state index in [0.29, 0.717) is 16.6 Å². The number of amides is 1. The Hall–Kier alpha value is -2.73. The quantitative estimate of drug-likeness (QED) is 0.763. The zero-order valence-electron chi connectivity index (χ0n) is 12.7. The number of hydrogen-bond acceptors (Lipinski definition) is 5. The molecule has 0 saturated carbocycles. The van der Waals surface area contributed by atoms with Crippen molar-refractivity contribution >= 4 is 22.4 Å². The summed E-state index contributed by atoms with van der Waals surface area (Å²) >= 11 is 1.38. The molecule has 0 bridgehead atoms. The first-order chi connectivity index (χ1) is 11.2. The predicted molar refractivity (Wildman–Crippen MR) is 97.8 cm³/mol. The summed E-state index contributed by atoms with van der Waals surface area (Å²) in [5.74, 6) is 0.315. The first-order valence-electron chi connectivity index (χ1n) is 6.99. The molecule has 2 aromatic heterocycles. The average molecular weight is 341 g/mol. The molecule has 24 heavy (non-hydrogen) atoms. The summed E-state index contributed by atoms with van der Waals surface area (Å²) in [6, 6.07) is 11.4. The molecule has 1 N–H and O–H groups in total. The molecule has 5 nitrogen and oxygen atoms in total. The van der Waals surface area contributed by atoms with Crippen LogP contribution in [0, 0.1) is 6.92 Å². The number of hydrogen-bond donors (Lipinski definition) is 1. The Morgan fingerprint density at radius 3 is 2.54 bits per heavy atom. The van der Waals surface area contributed by atoms with Gasteiger partial charge in [0.15, 0.2) is 5.13 Å². The number of thiazole rings is 1. The molecule has 0 unspecified atom stereocenters. The molecule has 6 heteroatoms. The number of carbonyl (C=O) groups is 1. The summed E-state index contributed by atoms with van der Waals surface area (Å²) in [4.78, 5) is 20.7. The average Bonchev–Trinajstić information content (AvgIpc) is 3.04. The molecule has 3 rings (SSSR count). The molecule has 1 amide bonds. The number of nitrogens with one attached hydrogen (secondary N) is 1. The van der Waals surface area contributed by atoms with Crippen molar-refractivity contribution in [2.24, 2.45) is 0 Å². The zero-order valence-corrected chi connectivity index (χ0v) is 13.6. The van der Waals surface area contributed by atoms with Crippen molar-refractivity contribution < 1.29 is 9.53 Å². The largest absolute Gasteiger partial charge is 0.495 e. The molecule has 2 heterocycles. The Balaban J connectivity index is 0.00000208. The van der Waals surface area contributed by atoms with E-state index in [-0.39, 0.29) is 13.3 Å². The minimum Gasteiger partial charge on any atom is -0.495 e. The summed E-state index contributed by atoms with van der Waals surface area (Å²) in [6.45, 7) is 2.04. The summed E-state index contributed by atoms with van der Waals surface area (Å²) in [7, 11) is 1.55. The van der Waals surface area contributed by atoms with Crippen LogP contribution < -0.4 is 10.1 Å². The predicted octanol–water partition coefficient (Wildman–Crippen LogP) is 4.41. The minimum atomic E-state index is -0.294. The number of carbonyl (C=O) groups excluding carboxylic acids is 1. The highest BCUT2D eigenvalue weighted by Gasteiger charge is 2.11. The monoisotopic (exact) mass is 341 g/mol. The van der Waals surface area contributed by atoms with Crippen LogP contribution >= 0.6 is 11.3 Å². The fourth-order valence-corrected chi connectivity index (χ4v) is 2.70. The first-order valence-corrected chi connectivity index (χ1v) is 7.87. The number of benzene rings is 1. The van der Waals surface area contributed by atoms with Crippen molar-refractivity contribution in [3.05, 3.63) is 59.2 Å². The zero-order chi connectivity index (χ0) is 16.2. The van der Waals surface area contributed by atoms with Gasteiger partial charge in [0.2, 0.25) is 0 Å².